The molecule has 0 spiro atoms. The van der Waals surface area contributed by atoms with E-state index in [1.54, 1.807) is 6.92 Å². The molecule has 1 aromatic carbocycles. The van der Waals surface area contributed by atoms with Gasteiger partial charge in [-0.05, 0) is 44.4 Å². The Kier molecular flexibility index (Phi) is 3.03. The first kappa shape index (κ1) is 11.6. The Balaban J connectivity index is 3.60. The molecule has 0 aliphatic carbocycles. The summed E-state index contributed by atoms with van der Waals surface area (Å²) in [6, 6.07) is 0. The van der Waals surface area contributed by atoms with Crippen LogP contribution in [0.3, 0.4) is 0 Å². The summed E-state index contributed by atoms with van der Waals surface area (Å²) < 4.78 is 4.70. The van der Waals surface area contributed by atoms with E-state index in [-0.39, 0.29) is 5.75 Å². The fraction of sp³-hybridized carbons (Fsp3) is 0.417. The minimum absolute atomic E-state index is 0.179. The van der Waals surface area contributed by atoms with Crippen molar-refractivity contribution in [3.05, 3.63) is 27.8 Å². The molecule has 0 heterocycles. The molecule has 1 aromatic rings. The lowest BCUT2D eigenvalue weighted by molar-refractivity contribution is 0.0598. The van der Waals surface area contributed by atoms with Crippen LogP contribution in [-0.2, 0) is 4.74 Å². The van der Waals surface area contributed by atoms with E-state index in [2.05, 4.69) is 0 Å². The predicted octanol–water partition coefficient (Wildman–Crippen LogP) is 2.41. The van der Waals surface area contributed by atoms with E-state index in [1.807, 2.05) is 20.8 Å². The zero-order chi connectivity index (χ0) is 11.7. The van der Waals surface area contributed by atoms with Crippen LogP contribution in [0.15, 0.2) is 0 Å². The van der Waals surface area contributed by atoms with Crippen molar-refractivity contribution < 1.29 is 14.6 Å². The molecule has 0 radical (unpaired) electrons. The maximum Gasteiger partial charge on any atom is 0.338 e. The van der Waals surface area contributed by atoms with Crippen molar-refractivity contribution in [3.63, 3.8) is 0 Å². The van der Waals surface area contributed by atoms with E-state index in [1.165, 1.54) is 7.11 Å². The summed E-state index contributed by atoms with van der Waals surface area (Å²) >= 11 is 0. The maximum absolute atomic E-state index is 11.5. The summed E-state index contributed by atoms with van der Waals surface area (Å²) in [6.45, 7) is 7.31. The van der Waals surface area contributed by atoms with Crippen LogP contribution in [0, 0.1) is 27.7 Å². The molecule has 1 N–H and O–H groups in total. The summed E-state index contributed by atoms with van der Waals surface area (Å²) in [5, 5.41) is 9.83. The lowest BCUT2D eigenvalue weighted by Gasteiger charge is -2.15. The Labute approximate surface area is 89.7 Å². The number of aromatic hydroxyl groups is 1. The highest BCUT2D eigenvalue weighted by Gasteiger charge is 2.19. The molecule has 0 bridgehead atoms. The second-order valence-corrected chi connectivity index (χ2v) is 3.72. The number of carbonyl (C=O) groups excluding carboxylic acids is 1. The molecule has 82 valence electrons. The molecule has 15 heavy (non-hydrogen) atoms. The molecule has 0 aliphatic heterocycles. The minimum atomic E-state index is -0.400. The summed E-state index contributed by atoms with van der Waals surface area (Å²) in [6.07, 6.45) is 0. The molecule has 0 unspecified atom stereocenters. The highest BCUT2D eigenvalue weighted by molar-refractivity contribution is 5.94. The third kappa shape index (κ3) is 1.69. The number of hydrogen-bond donors (Lipinski definition) is 1. The number of ether oxygens (including phenoxy) is 1. The van der Waals surface area contributed by atoms with Crippen molar-refractivity contribution in [1.82, 2.24) is 0 Å². The lowest BCUT2D eigenvalue weighted by Crippen LogP contribution is -2.09. The summed E-state index contributed by atoms with van der Waals surface area (Å²) in [5.41, 5.74) is 3.67. The van der Waals surface area contributed by atoms with Crippen molar-refractivity contribution >= 4 is 5.97 Å². The average Bonchev–Trinajstić information content (AvgIpc) is 2.23. The van der Waals surface area contributed by atoms with E-state index < -0.39 is 5.97 Å². The molecular weight excluding hydrogens is 192 g/mol. The van der Waals surface area contributed by atoms with Crippen molar-refractivity contribution in [3.8, 4) is 5.75 Å². The zero-order valence-electron chi connectivity index (χ0n) is 9.76. The first-order valence-electron chi connectivity index (χ1n) is 4.79. The van der Waals surface area contributed by atoms with Gasteiger partial charge in [-0.3, -0.25) is 0 Å². The van der Waals surface area contributed by atoms with E-state index in [0.29, 0.717) is 11.1 Å². The first-order chi connectivity index (χ1) is 6.91. The van der Waals surface area contributed by atoms with Crippen LogP contribution in [-0.4, -0.2) is 18.2 Å². The number of methoxy groups -OCH3 is 1. The SMILES string of the molecule is COC(=O)c1c(C)c(C)c(C)c(O)c1C. The van der Waals surface area contributed by atoms with Crippen LogP contribution in [0.25, 0.3) is 0 Å². The maximum atomic E-state index is 11.5. The number of esters is 1. The van der Waals surface area contributed by atoms with Crippen LogP contribution in [0.2, 0.25) is 0 Å². The third-order valence-corrected chi connectivity index (χ3v) is 2.97. The molecule has 0 saturated heterocycles. The Morgan fingerprint density at radius 2 is 1.53 bits per heavy atom. The predicted molar refractivity (Wildman–Crippen MR) is 58.4 cm³/mol. The van der Waals surface area contributed by atoms with E-state index in [0.717, 1.165) is 16.7 Å². The van der Waals surface area contributed by atoms with Gasteiger partial charge < -0.3 is 9.84 Å². The van der Waals surface area contributed by atoms with Gasteiger partial charge in [0.1, 0.15) is 5.75 Å². The van der Waals surface area contributed by atoms with Crippen molar-refractivity contribution in [2.24, 2.45) is 0 Å². The molecule has 0 saturated carbocycles. The number of benzene rings is 1. The van der Waals surface area contributed by atoms with Gasteiger partial charge in [0.25, 0.3) is 0 Å². The highest BCUT2D eigenvalue weighted by atomic mass is 16.5. The fourth-order valence-electron chi connectivity index (χ4n) is 1.74. The number of rotatable bonds is 1. The Morgan fingerprint density at radius 3 is 2.00 bits per heavy atom. The van der Waals surface area contributed by atoms with Crippen LogP contribution < -0.4 is 0 Å². The van der Waals surface area contributed by atoms with Crippen LogP contribution in [0.4, 0.5) is 0 Å². The van der Waals surface area contributed by atoms with E-state index in [9.17, 15) is 9.90 Å². The highest BCUT2D eigenvalue weighted by Crippen LogP contribution is 2.31. The van der Waals surface area contributed by atoms with Crippen molar-refractivity contribution in [2.45, 2.75) is 27.7 Å². The quantitative estimate of drug-likeness (QED) is 0.721. The number of phenols is 1. The average molecular weight is 208 g/mol. The Hall–Kier alpha value is -1.51. The molecule has 3 nitrogen and oxygen atoms in total. The standard InChI is InChI=1S/C12H16O3/c1-6-7(2)10(12(14)15-5)9(4)11(13)8(6)3/h13H,1-5H3. The summed E-state index contributed by atoms with van der Waals surface area (Å²) in [5.74, 6) is -0.220. The largest absolute Gasteiger partial charge is 0.507 e. The van der Waals surface area contributed by atoms with Gasteiger partial charge in [0, 0.05) is 5.56 Å². The monoisotopic (exact) mass is 208 g/mol. The molecule has 1 rings (SSSR count). The minimum Gasteiger partial charge on any atom is -0.507 e. The second-order valence-electron chi connectivity index (χ2n) is 3.72. The van der Waals surface area contributed by atoms with Crippen LogP contribution in [0.5, 0.6) is 5.75 Å². The number of hydrogen-bond acceptors (Lipinski definition) is 3. The Bertz CT molecular complexity index is 390. The summed E-state index contributed by atoms with van der Waals surface area (Å²) in [4.78, 5) is 11.5. The van der Waals surface area contributed by atoms with Crippen LogP contribution >= 0.6 is 0 Å². The van der Waals surface area contributed by atoms with Crippen LogP contribution in [0.1, 0.15) is 32.6 Å². The van der Waals surface area contributed by atoms with Gasteiger partial charge in [0.15, 0.2) is 0 Å². The second kappa shape index (κ2) is 3.93. The topological polar surface area (TPSA) is 46.5 Å². The molecule has 0 aliphatic rings. The summed E-state index contributed by atoms with van der Waals surface area (Å²) in [7, 11) is 1.34. The normalized spacial score (nSPS) is 10.2. The van der Waals surface area contributed by atoms with Gasteiger partial charge in [0.2, 0.25) is 0 Å². The van der Waals surface area contributed by atoms with Gasteiger partial charge in [-0.1, -0.05) is 0 Å². The molecule has 0 atom stereocenters. The van der Waals surface area contributed by atoms with Gasteiger partial charge in [-0.15, -0.1) is 0 Å². The van der Waals surface area contributed by atoms with Gasteiger partial charge in [0.05, 0.1) is 12.7 Å². The number of phenolic OH excluding ortho intramolecular Hbond substituents is 1. The van der Waals surface area contributed by atoms with Gasteiger partial charge in [-0.25, -0.2) is 4.79 Å². The molecule has 0 fully saturated rings. The lowest BCUT2D eigenvalue weighted by atomic mass is 9.93. The first-order valence-corrected chi connectivity index (χ1v) is 4.79. The smallest absolute Gasteiger partial charge is 0.338 e. The molecule has 3 heteroatoms. The number of carbonyl (C=O) groups is 1. The molecule has 0 aromatic heterocycles. The van der Waals surface area contributed by atoms with Crippen molar-refractivity contribution in [1.29, 1.82) is 0 Å². The fourth-order valence-corrected chi connectivity index (χ4v) is 1.74. The van der Waals surface area contributed by atoms with Gasteiger partial charge in [-0.2, -0.15) is 0 Å². The Morgan fingerprint density at radius 1 is 1.00 bits per heavy atom. The molecule has 0 amide bonds. The van der Waals surface area contributed by atoms with Crippen molar-refractivity contribution in [2.75, 3.05) is 7.11 Å². The van der Waals surface area contributed by atoms with E-state index in [4.69, 9.17) is 4.74 Å². The third-order valence-electron chi connectivity index (χ3n) is 2.97. The van der Waals surface area contributed by atoms with E-state index >= 15 is 0 Å². The molecular formula is C12H16O3. The van der Waals surface area contributed by atoms with Gasteiger partial charge >= 0.3 is 5.97 Å². The zero-order valence-corrected chi connectivity index (χ0v) is 9.76.